The third-order valence-corrected chi connectivity index (χ3v) is 2.75. The number of para-hydroxylation sites is 1. The molecule has 8 heteroatoms. The Morgan fingerprint density at radius 3 is 2.94 bits per heavy atom. The molecule has 0 saturated heterocycles. The fourth-order valence-electron chi connectivity index (χ4n) is 1.17. The zero-order valence-corrected chi connectivity index (χ0v) is 9.26. The van der Waals surface area contributed by atoms with Gasteiger partial charge in [-0.25, -0.2) is 4.39 Å². The van der Waals surface area contributed by atoms with E-state index < -0.39 is 11.8 Å². The molecule has 6 nitrogen and oxygen atoms in total. The summed E-state index contributed by atoms with van der Waals surface area (Å²) in [6, 6.07) is 5.98. The molecule has 1 N–H and O–H groups in total. The molecular weight excluding hydrogens is 247 g/mol. The smallest absolute Gasteiger partial charge is 0.313 e. The molecule has 2 aromatic rings. The number of thioether (sulfide) groups is 1. The molecule has 0 radical (unpaired) electrons. The molecule has 0 amide bonds. The van der Waals surface area contributed by atoms with Gasteiger partial charge >= 0.3 is 5.97 Å². The first kappa shape index (κ1) is 11.5. The molecule has 0 unspecified atom stereocenters. The highest BCUT2D eigenvalue weighted by molar-refractivity contribution is 7.99. The van der Waals surface area contributed by atoms with Crippen molar-refractivity contribution in [3.8, 4) is 5.69 Å². The fraction of sp³-hybridized carbons (Fsp3) is 0.111. The van der Waals surface area contributed by atoms with Gasteiger partial charge in [-0.2, -0.15) is 4.68 Å². The molecule has 0 atom stereocenters. The van der Waals surface area contributed by atoms with Crippen LogP contribution in [-0.2, 0) is 4.79 Å². The number of hydrogen-bond donors (Lipinski definition) is 1. The van der Waals surface area contributed by atoms with Crippen molar-refractivity contribution >= 4 is 17.7 Å². The van der Waals surface area contributed by atoms with Gasteiger partial charge in [0, 0.05) is 0 Å². The molecule has 2 rings (SSSR count). The first-order chi connectivity index (χ1) is 8.18. The van der Waals surface area contributed by atoms with Crippen LogP contribution < -0.4 is 0 Å². The normalized spacial score (nSPS) is 10.4. The number of carboxylic acids is 1. The Morgan fingerprint density at radius 1 is 1.47 bits per heavy atom. The molecule has 0 aliphatic carbocycles. The number of aromatic nitrogens is 4. The lowest BCUT2D eigenvalue weighted by Crippen LogP contribution is -2.04. The third-order valence-electron chi connectivity index (χ3n) is 1.85. The maximum atomic E-state index is 13.5. The maximum Gasteiger partial charge on any atom is 0.313 e. The van der Waals surface area contributed by atoms with Gasteiger partial charge in [0.2, 0.25) is 5.16 Å². The van der Waals surface area contributed by atoms with Gasteiger partial charge in [0.25, 0.3) is 0 Å². The van der Waals surface area contributed by atoms with Gasteiger partial charge in [-0.1, -0.05) is 23.9 Å². The number of hydrogen-bond acceptors (Lipinski definition) is 5. The second kappa shape index (κ2) is 4.91. The third kappa shape index (κ3) is 2.59. The summed E-state index contributed by atoms with van der Waals surface area (Å²) < 4.78 is 14.7. The Labute approximate surface area is 99.4 Å². The molecule has 0 fully saturated rings. The zero-order chi connectivity index (χ0) is 12.3. The van der Waals surface area contributed by atoms with Crippen molar-refractivity contribution in [1.29, 1.82) is 0 Å². The van der Waals surface area contributed by atoms with Gasteiger partial charge in [-0.15, -0.1) is 5.10 Å². The summed E-state index contributed by atoms with van der Waals surface area (Å²) in [6.07, 6.45) is 0. The number of carboxylic acid groups (broad SMARTS) is 1. The molecule has 0 bridgehead atoms. The number of benzene rings is 1. The van der Waals surface area contributed by atoms with Gasteiger partial charge in [0.05, 0.1) is 5.75 Å². The summed E-state index contributed by atoms with van der Waals surface area (Å²) in [7, 11) is 0. The minimum atomic E-state index is -0.988. The first-order valence-corrected chi connectivity index (χ1v) is 5.55. The lowest BCUT2D eigenvalue weighted by atomic mass is 10.3. The molecule has 0 aliphatic heterocycles. The molecule has 88 valence electrons. The van der Waals surface area contributed by atoms with E-state index in [-0.39, 0.29) is 16.6 Å². The largest absolute Gasteiger partial charge is 0.481 e. The fourth-order valence-corrected chi connectivity index (χ4v) is 1.77. The molecule has 1 aromatic carbocycles. The van der Waals surface area contributed by atoms with Crippen LogP contribution in [-0.4, -0.2) is 37.0 Å². The highest BCUT2D eigenvalue weighted by Crippen LogP contribution is 2.19. The molecule has 0 saturated carbocycles. The first-order valence-electron chi connectivity index (χ1n) is 4.56. The van der Waals surface area contributed by atoms with E-state index in [2.05, 4.69) is 15.5 Å². The van der Waals surface area contributed by atoms with E-state index in [0.717, 1.165) is 11.8 Å². The van der Waals surface area contributed by atoms with E-state index in [9.17, 15) is 9.18 Å². The topological polar surface area (TPSA) is 80.9 Å². The second-order valence-electron chi connectivity index (χ2n) is 3.01. The van der Waals surface area contributed by atoms with Crippen molar-refractivity contribution in [3.05, 3.63) is 30.1 Å². The lowest BCUT2D eigenvalue weighted by Gasteiger charge is -2.03. The summed E-state index contributed by atoms with van der Waals surface area (Å²) in [5, 5.41) is 19.5. The average Bonchev–Trinajstić information content (AvgIpc) is 2.75. The number of carbonyl (C=O) groups is 1. The van der Waals surface area contributed by atoms with Crippen LogP contribution in [0.3, 0.4) is 0 Å². The highest BCUT2D eigenvalue weighted by atomic mass is 32.2. The van der Waals surface area contributed by atoms with Crippen LogP contribution in [0.4, 0.5) is 4.39 Å². The van der Waals surface area contributed by atoms with E-state index in [0.29, 0.717) is 0 Å². The van der Waals surface area contributed by atoms with Crippen molar-refractivity contribution in [1.82, 2.24) is 20.2 Å². The molecule has 0 spiro atoms. The molecule has 17 heavy (non-hydrogen) atoms. The second-order valence-corrected chi connectivity index (χ2v) is 3.95. The Bertz CT molecular complexity index is 545. The van der Waals surface area contributed by atoms with Crippen molar-refractivity contribution in [2.75, 3.05) is 5.75 Å². The van der Waals surface area contributed by atoms with Crippen LogP contribution >= 0.6 is 11.8 Å². The molecule has 0 aliphatic rings. The monoisotopic (exact) mass is 254 g/mol. The van der Waals surface area contributed by atoms with Crippen molar-refractivity contribution in [3.63, 3.8) is 0 Å². The van der Waals surface area contributed by atoms with Crippen molar-refractivity contribution in [2.45, 2.75) is 5.16 Å². The summed E-state index contributed by atoms with van der Waals surface area (Å²) in [5.74, 6) is -1.65. The van der Waals surface area contributed by atoms with Crippen LogP contribution in [0.15, 0.2) is 29.4 Å². The zero-order valence-electron chi connectivity index (χ0n) is 8.45. The SMILES string of the molecule is O=C(O)CSc1nnnn1-c1ccccc1F. The predicted octanol–water partition coefficient (Wildman–Crippen LogP) is 0.978. The maximum absolute atomic E-state index is 13.5. The molecule has 1 heterocycles. The summed E-state index contributed by atoms with van der Waals surface area (Å²) in [5.41, 5.74) is 0.186. The van der Waals surface area contributed by atoms with E-state index in [4.69, 9.17) is 5.11 Å². The Balaban J connectivity index is 2.31. The summed E-state index contributed by atoms with van der Waals surface area (Å²) >= 11 is 0.926. The van der Waals surface area contributed by atoms with Crippen LogP contribution in [0, 0.1) is 5.82 Å². The van der Waals surface area contributed by atoms with E-state index in [1.807, 2.05) is 0 Å². The van der Waals surface area contributed by atoms with Gasteiger partial charge < -0.3 is 5.11 Å². The minimum absolute atomic E-state index is 0.186. The molecular formula is C9H7FN4O2S. The van der Waals surface area contributed by atoms with Crippen molar-refractivity contribution in [2.24, 2.45) is 0 Å². The van der Waals surface area contributed by atoms with Gasteiger partial charge in [-0.3, -0.25) is 4.79 Å². The van der Waals surface area contributed by atoms with Crippen LogP contribution in [0.1, 0.15) is 0 Å². The predicted molar refractivity (Wildman–Crippen MR) is 57.5 cm³/mol. The highest BCUT2D eigenvalue weighted by Gasteiger charge is 2.13. The number of halogens is 1. The minimum Gasteiger partial charge on any atom is -0.481 e. The van der Waals surface area contributed by atoms with E-state index in [1.54, 1.807) is 12.1 Å². The van der Waals surface area contributed by atoms with Crippen LogP contribution in [0.25, 0.3) is 5.69 Å². The van der Waals surface area contributed by atoms with Crippen LogP contribution in [0.5, 0.6) is 0 Å². The summed E-state index contributed by atoms with van der Waals surface area (Å²) in [4.78, 5) is 10.4. The van der Waals surface area contributed by atoms with Crippen molar-refractivity contribution < 1.29 is 14.3 Å². The van der Waals surface area contributed by atoms with Gasteiger partial charge in [0.1, 0.15) is 11.5 Å². The quantitative estimate of drug-likeness (QED) is 0.819. The summed E-state index contributed by atoms with van der Waals surface area (Å²) in [6.45, 7) is 0. The Morgan fingerprint density at radius 2 is 2.24 bits per heavy atom. The number of aliphatic carboxylic acids is 1. The lowest BCUT2D eigenvalue weighted by molar-refractivity contribution is -0.133. The Hall–Kier alpha value is -1.96. The number of tetrazole rings is 1. The Kier molecular flexibility index (Phi) is 3.33. The van der Waals surface area contributed by atoms with E-state index >= 15 is 0 Å². The van der Waals surface area contributed by atoms with Gasteiger partial charge in [0.15, 0.2) is 0 Å². The van der Waals surface area contributed by atoms with E-state index in [1.165, 1.54) is 16.8 Å². The number of rotatable bonds is 4. The number of nitrogens with zero attached hydrogens (tertiary/aromatic N) is 4. The average molecular weight is 254 g/mol. The van der Waals surface area contributed by atoms with Crippen LogP contribution in [0.2, 0.25) is 0 Å². The standard InChI is InChI=1S/C9H7FN4O2S/c10-6-3-1-2-4-7(6)14-9(11-12-13-14)17-5-8(15)16/h1-4H,5H2,(H,15,16). The van der Waals surface area contributed by atoms with Gasteiger partial charge in [-0.05, 0) is 22.6 Å². The molecule has 1 aromatic heterocycles.